The van der Waals surface area contributed by atoms with E-state index in [2.05, 4.69) is 23.2 Å². The second kappa shape index (κ2) is 5.32. The van der Waals surface area contributed by atoms with Crippen LogP contribution in [0, 0.1) is 0 Å². The fourth-order valence-electron chi connectivity index (χ4n) is 2.62. The summed E-state index contributed by atoms with van der Waals surface area (Å²) in [7, 11) is 0. The van der Waals surface area contributed by atoms with Gasteiger partial charge in [-0.2, -0.15) is 0 Å². The summed E-state index contributed by atoms with van der Waals surface area (Å²) in [5.41, 5.74) is 9.83. The molecule has 1 atom stereocenters. The zero-order valence-corrected chi connectivity index (χ0v) is 11.5. The van der Waals surface area contributed by atoms with E-state index < -0.39 is 0 Å². The number of benzene rings is 1. The maximum Gasteiger partial charge on any atom is 0.0729 e. The third-order valence-corrected chi connectivity index (χ3v) is 4.17. The van der Waals surface area contributed by atoms with Crippen molar-refractivity contribution in [3.05, 3.63) is 64.4 Å². The second-order valence-electron chi connectivity index (χ2n) is 5.14. The molecule has 1 aromatic carbocycles. The first kappa shape index (κ1) is 12.6. The Bertz CT molecular complexity index is 561. The van der Waals surface area contributed by atoms with E-state index in [1.165, 1.54) is 30.4 Å². The average molecular weight is 273 g/mol. The van der Waals surface area contributed by atoms with Gasteiger partial charge in [0, 0.05) is 6.20 Å². The van der Waals surface area contributed by atoms with Crippen LogP contribution in [0.5, 0.6) is 0 Å². The molecule has 1 aliphatic carbocycles. The molecule has 1 saturated carbocycles. The molecule has 0 radical (unpaired) electrons. The molecule has 2 N–H and O–H groups in total. The quantitative estimate of drug-likeness (QED) is 0.915. The Kier molecular flexibility index (Phi) is 3.54. The Morgan fingerprint density at radius 2 is 1.95 bits per heavy atom. The predicted molar refractivity (Wildman–Crippen MR) is 78.3 cm³/mol. The highest BCUT2D eigenvalue weighted by Gasteiger charge is 2.24. The molecule has 0 spiro atoms. The monoisotopic (exact) mass is 272 g/mol. The molecule has 2 nitrogen and oxygen atoms in total. The number of halogens is 1. The fraction of sp³-hybridized carbons (Fsp3) is 0.312. The number of nitrogens with two attached hydrogens (primary N) is 1. The summed E-state index contributed by atoms with van der Waals surface area (Å²) in [6.07, 6.45) is 5.53. The van der Waals surface area contributed by atoms with E-state index in [1.807, 2.05) is 18.2 Å². The topological polar surface area (TPSA) is 38.9 Å². The lowest BCUT2D eigenvalue weighted by atomic mass is 9.77. The van der Waals surface area contributed by atoms with Gasteiger partial charge in [-0.15, -0.1) is 0 Å². The molecule has 0 aliphatic heterocycles. The lowest BCUT2D eigenvalue weighted by Crippen LogP contribution is -2.19. The zero-order valence-electron chi connectivity index (χ0n) is 10.7. The largest absolute Gasteiger partial charge is 0.319 e. The first-order valence-corrected chi connectivity index (χ1v) is 7.09. The van der Waals surface area contributed by atoms with Gasteiger partial charge in [0.05, 0.1) is 16.8 Å². The summed E-state index contributed by atoms with van der Waals surface area (Å²) >= 11 is 5.87. The van der Waals surface area contributed by atoms with Crippen molar-refractivity contribution >= 4 is 11.6 Å². The molecule has 0 amide bonds. The Labute approximate surface area is 118 Å². The number of nitrogens with zero attached hydrogens (tertiary/aromatic N) is 1. The fourth-order valence-corrected chi connectivity index (χ4v) is 2.73. The van der Waals surface area contributed by atoms with Crippen molar-refractivity contribution in [2.24, 2.45) is 5.73 Å². The molecule has 3 rings (SSSR count). The van der Waals surface area contributed by atoms with Crippen LogP contribution in [0.1, 0.15) is 48.0 Å². The van der Waals surface area contributed by atoms with E-state index in [0.717, 1.165) is 5.69 Å². The molecule has 0 saturated heterocycles. The van der Waals surface area contributed by atoms with Crippen molar-refractivity contribution in [3.63, 3.8) is 0 Å². The minimum Gasteiger partial charge on any atom is -0.319 e. The molecule has 3 heteroatoms. The SMILES string of the molecule is NC(c1ccc(Cl)cn1)c1ccccc1C1CCC1. The van der Waals surface area contributed by atoms with Crippen LogP contribution in [0.2, 0.25) is 5.02 Å². The van der Waals surface area contributed by atoms with Crippen molar-refractivity contribution in [2.75, 3.05) is 0 Å². The van der Waals surface area contributed by atoms with Crippen molar-refractivity contribution in [1.29, 1.82) is 0 Å². The van der Waals surface area contributed by atoms with E-state index in [1.54, 1.807) is 6.20 Å². The smallest absolute Gasteiger partial charge is 0.0729 e. The van der Waals surface area contributed by atoms with E-state index in [4.69, 9.17) is 17.3 Å². The van der Waals surface area contributed by atoms with Crippen molar-refractivity contribution in [2.45, 2.75) is 31.2 Å². The van der Waals surface area contributed by atoms with Crippen molar-refractivity contribution in [3.8, 4) is 0 Å². The molecule has 0 bridgehead atoms. The third kappa shape index (κ3) is 2.51. The highest BCUT2D eigenvalue weighted by Crippen LogP contribution is 2.39. The van der Waals surface area contributed by atoms with E-state index >= 15 is 0 Å². The van der Waals surface area contributed by atoms with Gasteiger partial charge in [-0.25, -0.2) is 0 Å². The van der Waals surface area contributed by atoms with Gasteiger partial charge in [-0.05, 0) is 42.0 Å². The molecule has 1 aliphatic rings. The molecule has 1 aromatic heterocycles. The zero-order chi connectivity index (χ0) is 13.2. The van der Waals surface area contributed by atoms with Crippen LogP contribution in [0.3, 0.4) is 0 Å². The van der Waals surface area contributed by atoms with Gasteiger partial charge in [0.15, 0.2) is 0 Å². The number of hydrogen-bond acceptors (Lipinski definition) is 2. The van der Waals surface area contributed by atoms with Crippen LogP contribution in [0.4, 0.5) is 0 Å². The number of hydrogen-bond donors (Lipinski definition) is 1. The first-order chi connectivity index (χ1) is 9.25. The van der Waals surface area contributed by atoms with Gasteiger partial charge in [-0.1, -0.05) is 42.3 Å². The van der Waals surface area contributed by atoms with Gasteiger partial charge < -0.3 is 5.73 Å². The number of rotatable bonds is 3. The van der Waals surface area contributed by atoms with Crippen LogP contribution in [-0.2, 0) is 0 Å². The van der Waals surface area contributed by atoms with Gasteiger partial charge in [0.25, 0.3) is 0 Å². The molecule has 1 heterocycles. The van der Waals surface area contributed by atoms with Crippen LogP contribution >= 0.6 is 11.6 Å². The van der Waals surface area contributed by atoms with E-state index in [0.29, 0.717) is 10.9 Å². The van der Waals surface area contributed by atoms with Crippen LogP contribution in [-0.4, -0.2) is 4.98 Å². The summed E-state index contributed by atoms with van der Waals surface area (Å²) in [5, 5.41) is 0.642. The summed E-state index contributed by atoms with van der Waals surface area (Å²) < 4.78 is 0. The summed E-state index contributed by atoms with van der Waals surface area (Å²) in [4.78, 5) is 4.34. The van der Waals surface area contributed by atoms with Gasteiger partial charge in [0.2, 0.25) is 0 Å². The summed E-state index contributed by atoms with van der Waals surface area (Å²) in [6, 6.07) is 12.0. The van der Waals surface area contributed by atoms with Gasteiger partial charge in [-0.3, -0.25) is 4.98 Å². The molecule has 1 unspecified atom stereocenters. The molecule has 2 aromatic rings. The third-order valence-electron chi connectivity index (χ3n) is 3.94. The average Bonchev–Trinajstić information content (AvgIpc) is 2.37. The van der Waals surface area contributed by atoms with E-state index in [9.17, 15) is 0 Å². The van der Waals surface area contributed by atoms with Crippen molar-refractivity contribution < 1.29 is 0 Å². The normalized spacial score (nSPS) is 16.9. The van der Waals surface area contributed by atoms with E-state index in [-0.39, 0.29) is 6.04 Å². The highest BCUT2D eigenvalue weighted by molar-refractivity contribution is 6.30. The van der Waals surface area contributed by atoms with Gasteiger partial charge >= 0.3 is 0 Å². The molecule has 1 fully saturated rings. The molecule has 19 heavy (non-hydrogen) atoms. The minimum atomic E-state index is -0.172. The maximum absolute atomic E-state index is 6.38. The van der Waals surface area contributed by atoms with Crippen LogP contribution in [0.25, 0.3) is 0 Å². The first-order valence-electron chi connectivity index (χ1n) is 6.71. The Morgan fingerprint density at radius 3 is 2.58 bits per heavy atom. The van der Waals surface area contributed by atoms with Crippen molar-refractivity contribution in [1.82, 2.24) is 4.98 Å². The highest BCUT2D eigenvalue weighted by atomic mass is 35.5. The standard InChI is InChI=1S/C16H17ClN2/c17-12-8-9-15(19-10-12)16(18)14-7-2-1-6-13(14)11-4-3-5-11/h1-2,6-11,16H,3-5,18H2. The lowest BCUT2D eigenvalue weighted by Gasteiger charge is -2.29. The molecular weight excluding hydrogens is 256 g/mol. The molecular formula is C16H17ClN2. The number of pyridine rings is 1. The predicted octanol–water partition coefficient (Wildman–Crippen LogP) is 4.05. The summed E-state index contributed by atoms with van der Waals surface area (Å²) in [6.45, 7) is 0. The lowest BCUT2D eigenvalue weighted by molar-refractivity contribution is 0.416. The Hall–Kier alpha value is -1.38. The Balaban J connectivity index is 1.94. The Morgan fingerprint density at radius 1 is 1.16 bits per heavy atom. The maximum atomic E-state index is 6.38. The second-order valence-corrected chi connectivity index (χ2v) is 5.57. The molecule has 98 valence electrons. The minimum absolute atomic E-state index is 0.172. The summed E-state index contributed by atoms with van der Waals surface area (Å²) in [5.74, 6) is 0.676. The van der Waals surface area contributed by atoms with Crippen LogP contribution in [0.15, 0.2) is 42.6 Å². The van der Waals surface area contributed by atoms with Gasteiger partial charge in [0.1, 0.15) is 0 Å². The van der Waals surface area contributed by atoms with Crippen LogP contribution < -0.4 is 5.73 Å². The number of aromatic nitrogens is 1.